The minimum absolute atomic E-state index is 0.160. The third-order valence-electron chi connectivity index (χ3n) is 3.37. The van der Waals surface area contributed by atoms with E-state index in [4.69, 9.17) is 5.11 Å². The fraction of sp³-hybridized carbons (Fsp3) is 0.583. The third kappa shape index (κ3) is 3.37. The van der Waals surface area contributed by atoms with Crippen LogP contribution in [-0.4, -0.2) is 26.6 Å². The number of carbonyl (C=O) groups is 1. The molecule has 0 bridgehead atoms. The molecule has 1 fully saturated rings. The Bertz CT molecular complexity index is 499. The van der Waals surface area contributed by atoms with Gasteiger partial charge in [-0.25, -0.2) is 9.97 Å². The summed E-state index contributed by atoms with van der Waals surface area (Å²) in [7, 11) is 0. The van der Waals surface area contributed by atoms with Gasteiger partial charge in [0.1, 0.15) is 5.69 Å². The molecule has 8 heteroatoms. The Kier molecular flexibility index (Phi) is 3.82. The van der Waals surface area contributed by atoms with Crippen LogP contribution < -0.4 is 5.32 Å². The second kappa shape index (κ2) is 5.26. The molecule has 5 nitrogen and oxygen atoms in total. The predicted molar refractivity (Wildman–Crippen MR) is 64.1 cm³/mol. The molecule has 0 saturated heterocycles. The van der Waals surface area contributed by atoms with Gasteiger partial charge in [-0.1, -0.05) is 12.8 Å². The molecule has 0 aromatic carbocycles. The van der Waals surface area contributed by atoms with Crippen LogP contribution in [0.4, 0.5) is 19.1 Å². The van der Waals surface area contributed by atoms with Gasteiger partial charge < -0.3 is 10.4 Å². The molecule has 0 aliphatic heterocycles. The van der Waals surface area contributed by atoms with E-state index in [0.29, 0.717) is 12.8 Å². The van der Waals surface area contributed by atoms with Crippen LogP contribution in [0, 0.1) is 0 Å². The summed E-state index contributed by atoms with van der Waals surface area (Å²) < 4.78 is 37.7. The Balaban J connectivity index is 2.21. The summed E-state index contributed by atoms with van der Waals surface area (Å²) in [6.07, 6.45) is -0.862. The largest absolute Gasteiger partial charge is 0.481 e. The second-order valence-corrected chi connectivity index (χ2v) is 4.95. The summed E-state index contributed by atoms with van der Waals surface area (Å²) in [6, 6.07) is 0.781. The van der Waals surface area contributed by atoms with E-state index in [1.807, 2.05) is 0 Å². The number of halogens is 3. The van der Waals surface area contributed by atoms with Gasteiger partial charge in [-0.15, -0.1) is 0 Å². The summed E-state index contributed by atoms with van der Waals surface area (Å²) >= 11 is 0. The molecular weight excluding hydrogens is 275 g/mol. The van der Waals surface area contributed by atoms with Crippen molar-refractivity contribution >= 4 is 11.9 Å². The molecule has 0 radical (unpaired) electrons. The smallest absolute Gasteiger partial charge is 0.433 e. The van der Waals surface area contributed by atoms with Gasteiger partial charge in [0.25, 0.3) is 0 Å². The highest BCUT2D eigenvalue weighted by molar-refractivity contribution is 5.69. The Morgan fingerprint density at radius 3 is 2.60 bits per heavy atom. The van der Waals surface area contributed by atoms with Crippen LogP contribution in [0.1, 0.15) is 37.8 Å². The molecule has 1 aromatic heterocycles. The quantitative estimate of drug-likeness (QED) is 0.891. The number of rotatable bonds is 4. The maximum Gasteiger partial charge on any atom is 0.433 e. The van der Waals surface area contributed by atoms with Crippen molar-refractivity contribution in [1.29, 1.82) is 0 Å². The standard InChI is InChI=1S/C12H14F3N3O2/c13-12(14,15)8-3-6-16-10(17-8)18-11(7-9(19)20)4-1-2-5-11/h3,6H,1-2,4-5,7H2,(H,19,20)(H,16,17,18). The van der Waals surface area contributed by atoms with Gasteiger partial charge in [-0.05, 0) is 18.9 Å². The van der Waals surface area contributed by atoms with Gasteiger partial charge >= 0.3 is 12.1 Å². The first-order valence-corrected chi connectivity index (χ1v) is 6.21. The minimum atomic E-state index is -4.55. The number of aromatic nitrogens is 2. The van der Waals surface area contributed by atoms with Crippen molar-refractivity contribution in [3.05, 3.63) is 18.0 Å². The Morgan fingerprint density at radius 2 is 2.05 bits per heavy atom. The number of hydrogen-bond acceptors (Lipinski definition) is 4. The highest BCUT2D eigenvalue weighted by atomic mass is 19.4. The zero-order valence-electron chi connectivity index (χ0n) is 10.6. The fourth-order valence-electron chi connectivity index (χ4n) is 2.50. The van der Waals surface area contributed by atoms with Gasteiger partial charge in [0.15, 0.2) is 0 Å². The monoisotopic (exact) mass is 289 g/mol. The molecule has 0 spiro atoms. The summed E-state index contributed by atoms with van der Waals surface area (Å²) in [6.45, 7) is 0. The minimum Gasteiger partial charge on any atom is -0.481 e. The van der Waals surface area contributed by atoms with Crippen LogP contribution in [0.2, 0.25) is 0 Å². The molecule has 110 valence electrons. The molecule has 2 N–H and O–H groups in total. The topological polar surface area (TPSA) is 75.1 Å². The number of carboxylic acid groups (broad SMARTS) is 1. The van der Waals surface area contributed by atoms with E-state index < -0.39 is 23.4 Å². The van der Waals surface area contributed by atoms with Crippen LogP contribution in [0.5, 0.6) is 0 Å². The Morgan fingerprint density at radius 1 is 1.40 bits per heavy atom. The lowest BCUT2D eigenvalue weighted by Gasteiger charge is -2.28. The molecule has 20 heavy (non-hydrogen) atoms. The number of nitrogens with one attached hydrogen (secondary N) is 1. The van der Waals surface area contributed by atoms with Crippen molar-refractivity contribution in [3.8, 4) is 0 Å². The van der Waals surface area contributed by atoms with Gasteiger partial charge in [-0.3, -0.25) is 4.79 Å². The number of hydrogen-bond donors (Lipinski definition) is 2. The molecule has 1 aliphatic rings. The average Bonchev–Trinajstić information content (AvgIpc) is 2.75. The van der Waals surface area contributed by atoms with Gasteiger partial charge in [0, 0.05) is 6.20 Å². The number of aliphatic carboxylic acids is 1. The highest BCUT2D eigenvalue weighted by Crippen LogP contribution is 2.35. The molecule has 2 rings (SSSR count). The van der Waals surface area contributed by atoms with Crippen molar-refractivity contribution in [1.82, 2.24) is 9.97 Å². The number of alkyl halides is 3. The van der Waals surface area contributed by atoms with Crippen LogP contribution >= 0.6 is 0 Å². The van der Waals surface area contributed by atoms with E-state index in [1.54, 1.807) is 0 Å². The van der Waals surface area contributed by atoms with Crippen LogP contribution in [0.3, 0.4) is 0 Å². The second-order valence-electron chi connectivity index (χ2n) is 4.95. The molecule has 0 unspecified atom stereocenters. The van der Waals surface area contributed by atoms with E-state index in [9.17, 15) is 18.0 Å². The van der Waals surface area contributed by atoms with Crippen LogP contribution in [0.25, 0.3) is 0 Å². The van der Waals surface area contributed by atoms with Crippen molar-refractivity contribution < 1.29 is 23.1 Å². The van der Waals surface area contributed by atoms with E-state index in [-0.39, 0.29) is 12.4 Å². The number of nitrogens with zero attached hydrogens (tertiary/aromatic N) is 2. The molecular formula is C12H14F3N3O2. The average molecular weight is 289 g/mol. The lowest BCUT2D eigenvalue weighted by atomic mass is 9.93. The third-order valence-corrected chi connectivity index (χ3v) is 3.37. The van der Waals surface area contributed by atoms with Crippen molar-refractivity contribution in [2.45, 2.75) is 43.8 Å². The molecule has 1 saturated carbocycles. The number of carboxylic acids is 1. The molecule has 1 heterocycles. The van der Waals surface area contributed by atoms with E-state index in [2.05, 4.69) is 15.3 Å². The Labute approximate surface area is 113 Å². The Hall–Kier alpha value is -1.86. The first-order valence-electron chi connectivity index (χ1n) is 6.21. The summed E-state index contributed by atoms with van der Waals surface area (Å²) in [5.41, 5.74) is -1.80. The van der Waals surface area contributed by atoms with E-state index in [0.717, 1.165) is 25.1 Å². The highest BCUT2D eigenvalue weighted by Gasteiger charge is 2.38. The van der Waals surface area contributed by atoms with Crippen LogP contribution in [0.15, 0.2) is 12.3 Å². The zero-order chi connectivity index (χ0) is 14.8. The fourth-order valence-corrected chi connectivity index (χ4v) is 2.50. The first-order chi connectivity index (χ1) is 9.31. The summed E-state index contributed by atoms with van der Waals surface area (Å²) in [5, 5.41) is 11.7. The van der Waals surface area contributed by atoms with Gasteiger partial charge in [0.05, 0.1) is 12.0 Å². The number of anilines is 1. The van der Waals surface area contributed by atoms with Crippen molar-refractivity contribution in [2.75, 3.05) is 5.32 Å². The van der Waals surface area contributed by atoms with Gasteiger partial charge in [0.2, 0.25) is 5.95 Å². The summed E-state index contributed by atoms with van der Waals surface area (Å²) in [5.74, 6) is -1.17. The van der Waals surface area contributed by atoms with Crippen LogP contribution in [-0.2, 0) is 11.0 Å². The maximum absolute atomic E-state index is 12.6. The molecule has 1 aliphatic carbocycles. The van der Waals surface area contributed by atoms with Crippen molar-refractivity contribution in [3.63, 3.8) is 0 Å². The maximum atomic E-state index is 12.6. The lowest BCUT2D eigenvalue weighted by Crippen LogP contribution is -2.38. The van der Waals surface area contributed by atoms with E-state index >= 15 is 0 Å². The zero-order valence-corrected chi connectivity index (χ0v) is 10.6. The normalized spacial score (nSPS) is 17.9. The summed E-state index contributed by atoms with van der Waals surface area (Å²) in [4.78, 5) is 18.1. The van der Waals surface area contributed by atoms with E-state index in [1.165, 1.54) is 0 Å². The molecule has 1 aromatic rings. The lowest BCUT2D eigenvalue weighted by molar-refractivity contribution is -0.141. The first kappa shape index (κ1) is 14.5. The molecule has 0 amide bonds. The van der Waals surface area contributed by atoms with Gasteiger partial charge in [-0.2, -0.15) is 13.2 Å². The molecule has 0 atom stereocenters. The van der Waals surface area contributed by atoms with Crippen molar-refractivity contribution in [2.24, 2.45) is 0 Å². The SMILES string of the molecule is O=C(O)CC1(Nc2nccc(C(F)(F)F)n2)CCCC1. The predicted octanol–water partition coefficient (Wildman–Crippen LogP) is 2.69.